The highest BCUT2D eigenvalue weighted by Crippen LogP contribution is 2.32. The summed E-state index contributed by atoms with van der Waals surface area (Å²) in [4.78, 5) is 11.8. The topological polar surface area (TPSA) is 89.3 Å². The molecule has 3 N–H and O–H groups in total. The molecule has 5 nitrogen and oxygen atoms in total. The third-order valence-electron chi connectivity index (χ3n) is 2.81. The molecule has 94 valence electrons. The highest BCUT2D eigenvalue weighted by atomic mass is 32.2. The molecule has 1 amide bonds. The summed E-state index contributed by atoms with van der Waals surface area (Å²) in [6.45, 7) is 1.96. The fourth-order valence-corrected chi connectivity index (χ4v) is 3.17. The van der Waals surface area contributed by atoms with Crippen molar-refractivity contribution < 1.29 is 13.2 Å². The molecule has 1 saturated carbocycles. The zero-order valence-corrected chi connectivity index (χ0v) is 11.0. The molecule has 0 aromatic carbocycles. The Morgan fingerprint density at radius 2 is 2.24 bits per heavy atom. The van der Waals surface area contributed by atoms with Gasteiger partial charge in [-0.15, -0.1) is 11.3 Å². The third-order valence-corrected chi connectivity index (χ3v) is 5.19. The Bertz CT molecular complexity index is 532. The highest BCUT2D eigenvalue weighted by molar-refractivity contribution is 7.91. The van der Waals surface area contributed by atoms with Crippen LogP contribution in [0.1, 0.15) is 30.1 Å². The monoisotopic (exact) mass is 274 g/mol. The van der Waals surface area contributed by atoms with E-state index in [-0.39, 0.29) is 16.2 Å². The second-order valence-corrected chi connectivity index (χ2v) is 7.00. The highest BCUT2D eigenvalue weighted by Gasteiger charge is 2.29. The molecule has 2 rings (SSSR count). The van der Waals surface area contributed by atoms with Crippen molar-refractivity contribution in [3.05, 3.63) is 17.0 Å². The molecule has 0 saturated heterocycles. The lowest BCUT2D eigenvalue weighted by Crippen LogP contribution is -2.33. The van der Waals surface area contributed by atoms with Crippen molar-refractivity contribution in [1.82, 2.24) is 5.32 Å². The zero-order chi connectivity index (χ0) is 12.6. The van der Waals surface area contributed by atoms with Gasteiger partial charge < -0.3 is 5.32 Å². The van der Waals surface area contributed by atoms with Gasteiger partial charge in [0.2, 0.25) is 10.0 Å². The summed E-state index contributed by atoms with van der Waals surface area (Å²) < 4.78 is 22.1. The average Bonchev–Trinajstić information content (AvgIpc) is 2.93. The lowest BCUT2D eigenvalue weighted by Gasteiger charge is -2.11. The van der Waals surface area contributed by atoms with Crippen LogP contribution in [0.4, 0.5) is 0 Å². The van der Waals surface area contributed by atoms with Crippen molar-refractivity contribution in [2.24, 2.45) is 11.1 Å². The Kier molecular flexibility index (Phi) is 3.24. The number of nitrogens with one attached hydrogen (secondary N) is 1. The Morgan fingerprint density at radius 3 is 2.71 bits per heavy atom. The molecule has 1 aliphatic rings. The zero-order valence-electron chi connectivity index (χ0n) is 9.34. The molecule has 0 aliphatic heterocycles. The summed E-state index contributed by atoms with van der Waals surface area (Å²) in [5.41, 5.74) is 0.353. The molecule has 1 aromatic heterocycles. The van der Waals surface area contributed by atoms with E-state index in [1.165, 1.54) is 11.4 Å². The van der Waals surface area contributed by atoms with Gasteiger partial charge in [0.05, 0.1) is 5.56 Å². The van der Waals surface area contributed by atoms with Gasteiger partial charge in [0.15, 0.2) is 0 Å². The van der Waals surface area contributed by atoms with Crippen LogP contribution in [0.25, 0.3) is 0 Å². The maximum absolute atomic E-state index is 11.8. The molecule has 7 heteroatoms. The van der Waals surface area contributed by atoms with Crippen LogP contribution in [0.5, 0.6) is 0 Å². The first kappa shape index (κ1) is 12.5. The van der Waals surface area contributed by atoms with E-state index in [0.717, 1.165) is 24.2 Å². The molecule has 0 spiro atoms. The number of carbonyl (C=O) groups excluding carboxylic acids is 1. The molecule has 1 aromatic rings. The summed E-state index contributed by atoms with van der Waals surface area (Å²) in [6, 6.07) is 1.45. The number of hydrogen-bond acceptors (Lipinski definition) is 4. The first-order valence-corrected chi connectivity index (χ1v) is 7.72. The summed E-state index contributed by atoms with van der Waals surface area (Å²) in [5, 5.41) is 9.34. The summed E-state index contributed by atoms with van der Waals surface area (Å²) in [7, 11) is -3.71. The smallest absolute Gasteiger partial charge is 0.252 e. The Hall–Kier alpha value is -0.920. The van der Waals surface area contributed by atoms with E-state index in [9.17, 15) is 13.2 Å². The van der Waals surface area contributed by atoms with E-state index in [2.05, 4.69) is 5.32 Å². The predicted octanol–water partition coefficient (Wildman–Crippen LogP) is 0.924. The fourth-order valence-electron chi connectivity index (χ4n) is 1.59. The second-order valence-electron chi connectivity index (χ2n) is 4.30. The van der Waals surface area contributed by atoms with Gasteiger partial charge in [-0.05, 0) is 31.7 Å². The largest absolute Gasteiger partial charge is 0.349 e. The van der Waals surface area contributed by atoms with Crippen molar-refractivity contribution in [1.29, 1.82) is 0 Å². The Morgan fingerprint density at radius 1 is 1.59 bits per heavy atom. The van der Waals surface area contributed by atoms with Crippen molar-refractivity contribution in [3.8, 4) is 0 Å². The van der Waals surface area contributed by atoms with Gasteiger partial charge in [-0.1, -0.05) is 0 Å². The SMILES string of the molecule is CC(NC(=O)c1csc(S(N)(=O)=O)c1)C1CC1. The van der Waals surface area contributed by atoms with E-state index in [1.54, 1.807) is 0 Å². The van der Waals surface area contributed by atoms with Crippen LogP contribution in [0.2, 0.25) is 0 Å². The average molecular weight is 274 g/mol. The lowest BCUT2D eigenvalue weighted by atomic mass is 10.2. The van der Waals surface area contributed by atoms with Crippen LogP contribution in [0.3, 0.4) is 0 Å². The number of rotatable bonds is 4. The number of hydrogen-bond donors (Lipinski definition) is 2. The number of carbonyl (C=O) groups is 1. The van der Waals surface area contributed by atoms with Gasteiger partial charge in [0, 0.05) is 11.4 Å². The van der Waals surface area contributed by atoms with Gasteiger partial charge in [-0.3, -0.25) is 4.79 Å². The van der Waals surface area contributed by atoms with E-state index < -0.39 is 10.0 Å². The predicted molar refractivity (Wildman–Crippen MR) is 65.3 cm³/mol. The molecular formula is C10H14N2O3S2. The van der Waals surface area contributed by atoms with Gasteiger partial charge in [-0.2, -0.15) is 0 Å². The number of thiophene rings is 1. The normalized spacial score (nSPS) is 17.8. The maximum Gasteiger partial charge on any atom is 0.252 e. The van der Waals surface area contributed by atoms with E-state index in [4.69, 9.17) is 5.14 Å². The molecule has 1 aliphatic carbocycles. The van der Waals surface area contributed by atoms with Crippen molar-refractivity contribution in [2.45, 2.75) is 30.0 Å². The Balaban J connectivity index is 2.06. The quantitative estimate of drug-likeness (QED) is 0.855. The number of sulfonamides is 1. The number of primary sulfonamides is 1. The van der Waals surface area contributed by atoms with Gasteiger partial charge >= 0.3 is 0 Å². The minimum absolute atomic E-state index is 0.0155. The van der Waals surface area contributed by atoms with Gasteiger partial charge in [0.1, 0.15) is 4.21 Å². The van der Waals surface area contributed by atoms with Crippen LogP contribution in [0, 0.1) is 5.92 Å². The van der Waals surface area contributed by atoms with Crippen LogP contribution >= 0.6 is 11.3 Å². The van der Waals surface area contributed by atoms with Crippen LogP contribution < -0.4 is 10.5 Å². The molecule has 1 atom stereocenters. The Labute approximate surface area is 104 Å². The molecule has 1 heterocycles. The number of amides is 1. The number of nitrogens with two attached hydrogens (primary N) is 1. The maximum atomic E-state index is 11.8. The molecule has 0 bridgehead atoms. The van der Waals surface area contributed by atoms with Gasteiger partial charge in [0.25, 0.3) is 5.91 Å². The van der Waals surface area contributed by atoms with E-state index in [0.29, 0.717) is 11.5 Å². The summed E-state index contributed by atoms with van der Waals surface area (Å²) in [5.74, 6) is 0.325. The lowest BCUT2D eigenvalue weighted by molar-refractivity contribution is 0.0936. The fraction of sp³-hybridized carbons (Fsp3) is 0.500. The van der Waals surface area contributed by atoms with E-state index >= 15 is 0 Å². The van der Waals surface area contributed by atoms with Crippen molar-refractivity contribution in [2.75, 3.05) is 0 Å². The van der Waals surface area contributed by atoms with Crippen molar-refractivity contribution >= 4 is 27.3 Å². The molecule has 0 radical (unpaired) electrons. The molecule has 1 unspecified atom stereocenters. The van der Waals surface area contributed by atoms with Crippen LogP contribution in [-0.2, 0) is 10.0 Å². The molecule has 17 heavy (non-hydrogen) atoms. The second kappa shape index (κ2) is 4.40. The molecular weight excluding hydrogens is 260 g/mol. The summed E-state index contributed by atoms with van der Waals surface area (Å²) in [6.07, 6.45) is 2.29. The van der Waals surface area contributed by atoms with Crippen LogP contribution in [-0.4, -0.2) is 20.4 Å². The standard InChI is InChI=1S/C10H14N2O3S2/c1-6(7-2-3-7)12-10(13)8-4-9(16-5-8)17(11,14)15/h4-7H,2-3H2,1H3,(H,12,13)(H2,11,14,15). The third kappa shape index (κ3) is 3.05. The molecule has 1 fully saturated rings. The minimum atomic E-state index is -3.71. The first-order chi connectivity index (χ1) is 7.88. The minimum Gasteiger partial charge on any atom is -0.349 e. The van der Waals surface area contributed by atoms with Crippen LogP contribution in [0.15, 0.2) is 15.7 Å². The van der Waals surface area contributed by atoms with E-state index in [1.807, 2.05) is 6.92 Å². The van der Waals surface area contributed by atoms with Crippen molar-refractivity contribution in [3.63, 3.8) is 0 Å². The first-order valence-electron chi connectivity index (χ1n) is 5.30. The summed E-state index contributed by atoms with van der Waals surface area (Å²) >= 11 is 0.962. The van der Waals surface area contributed by atoms with Gasteiger partial charge in [-0.25, -0.2) is 13.6 Å².